The van der Waals surface area contributed by atoms with E-state index in [0.29, 0.717) is 34.6 Å². The van der Waals surface area contributed by atoms with Crippen LogP contribution in [-0.4, -0.2) is 52.5 Å². The van der Waals surface area contributed by atoms with Gasteiger partial charge in [0.15, 0.2) is 0 Å². The van der Waals surface area contributed by atoms with Gasteiger partial charge in [-0.3, -0.25) is 4.79 Å². The van der Waals surface area contributed by atoms with E-state index in [1.165, 1.54) is 11.2 Å². The first-order valence-corrected chi connectivity index (χ1v) is 7.15. The maximum absolute atomic E-state index is 11.5. The zero-order valence-corrected chi connectivity index (χ0v) is 12.8. The molecule has 0 unspecified atom stereocenters. The van der Waals surface area contributed by atoms with Crippen molar-refractivity contribution in [3.63, 3.8) is 0 Å². The molecule has 0 bridgehead atoms. The Labute approximate surface area is 125 Å². The van der Waals surface area contributed by atoms with Crippen LogP contribution in [0.5, 0.6) is 0 Å². The van der Waals surface area contributed by atoms with E-state index in [4.69, 9.17) is 5.11 Å². The predicted octanol–water partition coefficient (Wildman–Crippen LogP) is 1.59. The van der Waals surface area contributed by atoms with Gasteiger partial charge in [0, 0.05) is 27.1 Å². The molecule has 0 atom stereocenters. The van der Waals surface area contributed by atoms with Gasteiger partial charge in [-0.1, -0.05) is 0 Å². The maximum atomic E-state index is 11.5. The second-order valence-corrected chi connectivity index (χ2v) is 5.73. The second kappa shape index (κ2) is 6.04. The molecule has 0 fully saturated rings. The fourth-order valence-electron chi connectivity index (χ4n) is 1.92. The van der Waals surface area contributed by atoms with E-state index in [9.17, 15) is 9.59 Å². The molecular formula is C13H16N4O3S. The molecule has 0 saturated heterocycles. The Balaban J connectivity index is 2.24. The minimum Gasteiger partial charge on any atom is -0.477 e. The Morgan fingerprint density at radius 3 is 2.71 bits per heavy atom. The van der Waals surface area contributed by atoms with Gasteiger partial charge < -0.3 is 15.3 Å². The van der Waals surface area contributed by atoms with Gasteiger partial charge in [-0.2, -0.15) is 0 Å². The summed E-state index contributed by atoms with van der Waals surface area (Å²) in [5.41, 5.74) is 0.643. The molecule has 0 radical (unpaired) electrons. The number of thiophene rings is 1. The highest BCUT2D eigenvalue weighted by atomic mass is 32.1. The number of aromatic carboxylic acids is 1. The number of amides is 1. The fourth-order valence-corrected chi connectivity index (χ4v) is 2.91. The Morgan fingerprint density at radius 2 is 2.10 bits per heavy atom. The van der Waals surface area contributed by atoms with Gasteiger partial charge in [0.25, 0.3) is 0 Å². The van der Waals surface area contributed by atoms with Crippen molar-refractivity contribution >= 4 is 39.2 Å². The third-order valence-electron chi connectivity index (χ3n) is 3.05. The highest BCUT2D eigenvalue weighted by Crippen LogP contribution is 2.33. The van der Waals surface area contributed by atoms with E-state index < -0.39 is 5.97 Å². The first-order chi connectivity index (χ1) is 9.91. The molecule has 2 N–H and O–H groups in total. The first kappa shape index (κ1) is 15.2. The standard InChI is InChI=1S/C13H16N4O3S/c1-7-9-11(14-5-4-8(18)17(2)3)15-6-16-12(9)21-10(7)13(19)20/h6H,4-5H2,1-3H3,(H,19,20)(H,14,15,16). The molecule has 2 aromatic rings. The molecule has 2 aromatic heterocycles. The van der Waals surface area contributed by atoms with Gasteiger partial charge >= 0.3 is 5.97 Å². The maximum Gasteiger partial charge on any atom is 0.346 e. The van der Waals surface area contributed by atoms with Gasteiger partial charge in [0.2, 0.25) is 5.91 Å². The average molecular weight is 308 g/mol. The van der Waals surface area contributed by atoms with Crippen LogP contribution in [0.4, 0.5) is 5.82 Å². The summed E-state index contributed by atoms with van der Waals surface area (Å²) < 4.78 is 0. The number of nitrogens with zero attached hydrogens (tertiary/aromatic N) is 3. The van der Waals surface area contributed by atoms with Crippen molar-refractivity contribution in [3.05, 3.63) is 16.8 Å². The summed E-state index contributed by atoms with van der Waals surface area (Å²) >= 11 is 1.12. The minimum atomic E-state index is -0.968. The average Bonchev–Trinajstić information content (AvgIpc) is 2.77. The van der Waals surface area contributed by atoms with Crippen molar-refractivity contribution in [1.29, 1.82) is 0 Å². The molecule has 8 heteroatoms. The van der Waals surface area contributed by atoms with Crippen LogP contribution in [0.1, 0.15) is 21.7 Å². The van der Waals surface area contributed by atoms with Crippen LogP contribution in [0.3, 0.4) is 0 Å². The molecule has 0 aliphatic heterocycles. The molecule has 7 nitrogen and oxygen atoms in total. The number of nitrogens with one attached hydrogen (secondary N) is 1. The third-order valence-corrected chi connectivity index (χ3v) is 4.24. The van der Waals surface area contributed by atoms with Crippen molar-refractivity contribution in [3.8, 4) is 0 Å². The largest absolute Gasteiger partial charge is 0.477 e. The van der Waals surface area contributed by atoms with Crippen LogP contribution in [0.2, 0.25) is 0 Å². The van der Waals surface area contributed by atoms with E-state index in [0.717, 1.165) is 11.3 Å². The highest BCUT2D eigenvalue weighted by Gasteiger charge is 2.18. The molecule has 2 rings (SSSR count). The topological polar surface area (TPSA) is 95.4 Å². The normalized spacial score (nSPS) is 10.6. The van der Waals surface area contributed by atoms with Crippen LogP contribution in [0.15, 0.2) is 6.33 Å². The van der Waals surface area contributed by atoms with E-state index in [1.54, 1.807) is 21.0 Å². The highest BCUT2D eigenvalue weighted by molar-refractivity contribution is 7.20. The quantitative estimate of drug-likeness (QED) is 0.871. The van der Waals surface area contributed by atoms with Gasteiger partial charge in [0.1, 0.15) is 21.9 Å². The lowest BCUT2D eigenvalue weighted by Gasteiger charge is -2.11. The van der Waals surface area contributed by atoms with Crippen molar-refractivity contribution in [2.45, 2.75) is 13.3 Å². The predicted molar refractivity (Wildman–Crippen MR) is 80.9 cm³/mol. The van der Waals surface area contributed by atoms with Crippen molar-refractivity contribution in [2.24, 2.45) is 0 Å². The fraction of sp³-hybridized carbons (Fsp3) is 0.385. The number of rotatable bonds is 5. The van der Waals surface area contributed by atoms with Crippen LogP contribution < -0.4 is 5.32 Å². The first-order valence-electron chi connectivity index (χ1n) is 6.33. The lowest BCUT2D eigenvalue weighted by molar-refractivity contribution is -0.128. The van der Waals surface area contributed by atoms with Gasteiger partial charge in [-0.25, -0.2) is 14.8 Å². The lowest BCUT2D eigenvalue weighted by Crippen LogP contribution is -2.24. The van der Waals surface area contributed by atoms with Crippen LogP contribution in [0, 0.1) is 6.92 Å². The molecule has 0 saturated carbocycles. The van der Waals surface area contributed by atoms with Crippen LogP contribution in [0.25, 0.3) is 10.2 Å². The monoisotopic (exact) mass is 308 g/mol. The van der Waals surface area contributed by atoms with Crippen LogP contribution >= 0.6 is 11.3 Å². The van der Waals surface area contributed by atoms with E-state index in [2.05, 4.69) is 15.3 Å². The zero-order valence-electron chi connectivity index (χ0n) is 12.0. The second-order valence-electron chi connectivity index (χ2n) is 4.73. The molecule has 112 valence electrons. The van der Waals surface area contributed by atoms with Crippen molar-refractivity contribution < 1.29 is 14.7 Å². The summed E-state index contributed by atoms with van der Waals surface area (Å²) in [7, 11) is 3.40. The molecule has 1 amide bonds. The molecule has 2 heterocycles. The third kappa shape index (κ3) is 3.10. The molecule has 0 aliphatic carbocycles. The molecule has 21 heavy (non-hydrogen) atoms. The number of carboxylic acid groups (broad SMARTS) is 1. The molecule has 0 aromatic carbocycles. The Hall–Kier alpha value is -2.22. The number of hydrogen-bond donors (Lipinski definition) is 2. The lowest BCUT2D eigenvalue weighted by atomic mass is 10.2. The summed E-state index contributed by atoms with van der Waals surface area (Å²) in [5, 5.41) is 12.9. The van der Waals surface area contributed by atoms with E-state index >= 15 is 0 Å². The number of carbonyl (C=O) groups excluding carboxylic acids is 1. The smallest absolute Gasteiger partial charge is 0.346 e. The number of hydrogen-bond acceptors (Lipinski definition) is 6. The molecule has 0 spiro atoms. The van der Waals surface area contributed by atoms with E-state index in [1.807, 2.05) is 0 Å². The van der Waals surface area contributed by atoms with Gasteiger partial charge in [-0.15, -0.1) is 11.3 Å². The van der Waals surface area contributed by atoms with Gasteiger partial charge in [0.05, 0.1) is 5.39 Å². The zero-order chi connectivity index (χ0) is 15.6. The Morgan fingerprint density at radius 1 is 1.38 bits per heavy atom. The molecular weight excluding hydrogens is 292 g/mol. The number of anilines is 1. The molecule has 0 aliphatic rings. The SMILES string of the molecule is Cc1c(C(=O)O)sc2ncnc(NCCC(=O)N(C)C)c12. The summed E-state index contributed by atoms with van der Waals surface area (Å²) in [6.45, 7) is 2.17. The minimum absolute atomic E-state index is 0.0149. The summed E-state index contributed by atoms with van der Waals surface area (Å²) in [4.78, 5) is 33.4. The summed E-state index contributed by atoms with van der Waals surface area (Å²) in [6.07, 6.45) is 1.73. The van der Waals surface area contributed by atoms with E-state index in [-0.39, 0.29) is 10.8 Å². The van der Waals surface area contributed by atoms with Crippen molar-refractivity contribution in [2.75, 3.05) is 26.0 Å². The number of carbonyl (C=O) groups is 2. The Kier molecular flexibility index (Phi) is 4.37. The Bertz CT molecular complexity index is 696. The van der Waals surface area contributed by atoms with Crippen LogP contribution in [-0.2, 0) is 4.79 Å². The van der Waals surface area contributed by atoms with Crippen molar-refractivity contribution in [1.82, 2.24) is 14.9 Å². The summed E-state index contributed by atoms with van der Waals surface area (Å²) in [5.74, 6) is -0.391. The van der Waals surface area contributed by atoms with Gasteiger partial charge in [-0.05, 0) is 12.5 Å². The number of aryl methyl sites for hydroxylation is 1. The summed E-state index contributed by atoms with van der Waals surface area (Å²) in [6, 6.07) is 0. The number of aromatic nitrogens is 2. The number of carboxylic acids is 1. The number of fused-ring (bicyclic) bond motifs is 1.